The standard InChI is InChI=1S/C19H22ClN3O/c1-14-3-6-16(7-4-14)21-19(24)23-11-9-22(10-12-23)17-8-5-15(2)18(20)13-17/h3-8,13H,9-12H2,1-2H3,(H,21,24). The molecule has 4 nitrogen and oxygen atoms in total. The summed E-state index contributed by atoms with van der Waals surface area (Å²) in [6.07, 6.45) is 0. The Kier molecular flexibility index (Phi) is 4.95. The van der Waals surface area contributed by atoms with E-state index in [0.29, 0.717) is 13.1 Å². The van der Waals surface area contributed by atoms with Crippen molar-refractivity contribution in [2.24, 2.45) is 0 Å². The number of aryl methyl sites for hydroxylation is 2. The Morgan fingerprint density at radius 2 is 1.67 bits per heavy atom. The first kappa shape index (κ1) is 16.7. The molecule has 1 aliphatic rings. The molecule has 0 radical (unpaired) electrons. The molecule has 0 bridgehead atoms. The molecule has 0 aromatic heterocycles. The Bertz CT molecular complexity index is 722. The van der Waals surface area contributed by atoms with Crippen molar-refractivity contribution >= 4 is 29.0 Å². The van der Waals surface area contributed by atoms with Crippen molar-refractivity contribution < 1.29 is 4.79 Å². The number of hydrogen-bond acceptors (Lipinski definition) is 2. The zero-order valence-electron chi connectivity index (χ0n) is 14.1. The lowest BCUT2D eigenvalue weighted by Crippen LogP contribution is -2.50. The molecule has 0 unspecified atom stereocenters. The smallest absolute Gasteiger partial charge is 0.321 e. The van der Waals surface area contributed by atoms with Gasteiger partial charge in [-0.3, -0.25) is 0 Å². The molecule has 1 fully saturated rings. The highest BCUT2D eigenvalue weighted by Gasteiger charge is 2.21. The van der Waals surface area contributed by atoms with E-state index in [2.05, 4.69) is 16.3 Å². The van der Waals surface area contributed by atoms with Gasteiger partial charge in [0, 0.05) is 42.6 Å². The van der Waals surface area contributed by atoms with Gasteiger partial charge < -0.3 is 15.1 Å². The minimum absolute atomic E-state index is 0.0413. The predicted octanol–water partition coefficient (Wildman–Crippen LogP) is 4.31. The molecular formula is C19H22ClN3O. The highest BCUT2D eigenvalue weighted by molar-refractivity contribution is 6.31. The van der Waals surface area contributed by atoms with Gasteiger partial charge in [-0.15, -0.1) is 0 Å². The van der Waals surface area contributed by atoms with Crippen LogP contribution >= 0.6 is 11.6 Å². The third-order valence-corrected chi connectivity index (χ3v) is 4.80. The Morgan fingerprint density at radius 1 is 1.00 bits per heavy atom. The number of halogens is 1. The maximum absolute atomic E-state index is 12.4. The molecule has 2 aromatic rings. The van der Waals surface area contributed by atoms with Crippen molar-refractivity contribution in [3.05, 3.63) is 58.6 Å². The number of anilines is 2. The Labute approximate surface area is 148 Å². The van der Waals surface area contributed by atoms with Crippen LogP contribution in [0.4, 0.5) is 16.2 Å². The lowest BCUT2D eigenvalue weighted by atomic mass is 10.2. The normalized spacial score (nSPS) is 14.6. The largest absolute Gasteiger partial charge is 0.368 e. The van der Waals surface area contributed by atoms with Crippen LogP contribution in [0, 0.1) is 13.8 Å². The summed E-state index contributed by atoms with van der Waals surface area (Å²) in [7, 11) is 0. The zero-order valence-corrected chi connectivity index (χ0v) is 14.8. The van der Waals surface area contributed by atoms with E-state index in [-0.39, 0.29) is 6.03 Å². The van der Waals surface area contributed by atoms with Crippen LogP contribution in [0.3, 0.4) is 0 Å². The van der Waals surface area contributed by atoms with Gasteiger partial charge in [0.25, 0.3) is 0 Å². The van der Waals surface area contributed by atoms with Crippen molar-refractivity contribution in [2.75, 3.05) is 36.4 Å². The van der Waals surface area contributed by atoms with Gasteiger partial charge in [-0.2, -0.15) is 0 Å². The van der Waals surface area contributed by atoms with Crippen LogP contribution in [0.5, 0.6) is 0 Å². The highest BCUT2D eigenvalue weighted by Crippen LogP contribution is 2.24. The molecule has 24 heavy (non-hydrogen) atoms. The fourth-order valence-electron chi connectivity index (χ4n) is 2.79. The third-order valence-electron chi connectivity index (χ3n) is 4.39. The number of urea groups is 1. The predicted molar refractivity (Wildman–Crippen MR) is 100 cm³/mol. The number of piperazine rings is 1. The molecule has 0 aliphatic carbocycles. The third kappa shape index (κ3) is 3.82. The first-order chi connectivity index (χ1) is 11.5. The molecule has 2 aromatic carbocycles. The number of rotatable bonds is 2. The van der Waals surface area contributed by atoms with E-state index in [0.717, 1.165) is 35.1 Å². The van der Waals surface area contributed by atoms with Crippen LogP contribution in [-0.2, 0) is 0 Å². The van der Waals surface area contributed by atoms with E-state index >= 15 is 0 Å². The number of benzene rings is 2. The number of amides is 2. The molecule has 5 heteroatoms. The van der Waals surface area contributed by atoms with E-state index < -0.39 is 0 Å². The molecule has 1 heterocycles. The average molecular weight is 344 g/mol. The quantitative estimate of drug-likeness (QED) is 0.881. The highest BCUT2D eigenvalue weighted by atomic mass is 35.5. The summed E-state index contributed by atoms with van der Waals surface area (Å²) < 4.78 is 0. The van der Waals surface area contributed by atoms with Crippen molar-refractivity contribution in [1.82, 2.24) is 4.90 Å². The van der Waals surface area contributed by atoms with Gasteiger partial charge in [-0.1, -0.05) is 35.4 Å². The van der Waals surface area contributed by atoms with Crippen LogP contribution in [0.15, 0.2) is 42.5 Å². The fourth-order valence-corrected chi connectivity index (χ4v) is 2.96. The molecule has 0 saturated carbocycles. The van der Waals surface area contributed by atoms with E-state index in [1.807, 2.05) is 55.1 Å². The monoisotopic (exact) mass is 343 g/mol. The zero-order chi connectivity index (χ0) is 17.1. The number of carbonyl (C=O) groups is 1. The lowest BCUT2D eigenvalue weighted by molar-refractivity contribution is 0.208. The fraction of sp³-hybridized carbons (Fsp3) is 0.316. The first-order valence-corrected chi connectivity index (χ1v) is 8.54. The number of carbonyl (C=O) groups excluding carboxylic acids is 1. The van der Waals surface area contributed by atoms with Gasteiger partial charge in [0.15, 0.2) is 0 Å². The molecule has 126 valence electrons. The first-order valence-electron chi connectivity index (χ1n) is 8.16. The molecule has 2 amide bonds. The van der Waals surface area contributed by atoms with Gasteiger partial charge >= 0.3 is 6.03 Å². The molecule has 0 spiro atoms. The number of hydrogen-bond donors (Lipinski definition) is 1. The molecule has 1 N–H and O–H groups in total. The Hall–Kier alpha value is -2.20. The molecule has 1 saturated heterocycles. The SMILES string of the molecule is Cc1ccc(NC(=O)N2CCN(c3ccc(C)c(Cl)c3)CC2)cc1. The Morgan fingerprint density at radius 3 is 2.29 bits per heavy atom. The molecule has 1 aliphatic heterocycles. The van der Waals surface area contributed by atoms with Gasteiger partial charge in [-0.05, 0) is 43.7 Å². The van der Waals surface area contributed by atoms with Gasteiger partial charge in [-0.25, -0.2) is 4.79 Å². The molecule has 0 atom stereocenters. The van der Waals surface area contributed by atoms with Crippen molar-refractivity contribution in [3.8, 4) is 0 Å². The lowest BCUT2D eigenvalue weighted by Gasteiger charge is -2.36. The maximum atomic E-state index is 12.4. The van der Waals surface area contributed by atoms with Crippen LogP contribution in [0.2, 0.25) is 5.02 Å². The van der Waals surface area contributed by atoms with Crippen molar-refractivity contribution in [3.63, 3.8) is 0 Å². The van der Waals surface area contributed by atoms with E-state index in [1.54, 1.807) is 0 Å². The van der Waals surface area contributed by atoms with Crippen LogP contribution in [0.1, 0.15) is 11.1 Å². The molecular weight excluding hydrogens is 322 g/mol. The van der Waals surface area contributed by atoms with Crippen LogP contribution in [-0.4, -0.2) is 37.1 Å². The van der Waals surface area contributed by atoms with Gasteiger partial charge in [0.1, 0.15) is 0 Å². The summed E-state index contributed by atoms with van der Waals surface area (Å²) in [5.74, 6) is 0. The van der Waals surface area contributed by atoms with Crippen LogP contribution < -0.4 is 10.2 Å². The van der Waals surface area contributed by atoms with E-state index in [9.17, 15) is 4.79 Å². The summed E-state index contributed by atoms with van der Waals surface area (Å²) in [5, 5.41) is 3.74. The second-order valence-corrected chi connectivity index (χ2v) is 6.61. The minimum Gasteiger partial charge on any atom is -0.368 e. The molecule has 3 rings (SSSR count). The summed E-state index contributed by atoms with van der Waals surface area (Å²) in [6, 6.07) is 13.9. The van der Waals surface area contributed by atoms with Crippen molar-refractivity contribution in [1.29, 1.82) is 0 Å². The second-order valence-electron chi connectivity index (χ2n) is 6.20. The van der Waals surface area contributed by atoms with Crippen molar-refractivity contribution in [2.45, 2.75) is 13.8 Å². The van der Waals surface area contributed by atoms with E-state index in [1.165, 1.54) is 5.56 Å². The number of nitrogens with one attached hydrogen (secondary N) is 1. The van der Waals surface area contributed by atoms with Crippen LogP contribution in [0.25, 0.3) is 0 Å². The Balaban J connectivity index is 1.57. The summed E-state index contributed by atoms with van der Waals surface area (Å²) in [6.45, 7) is 7.04. The van der Waals surface area contributed by atoms with E-state index in [4.69, 9.17) is 11.6 Å². The minimum atomic E-state index is -0.0413. The van der Waals surface area contributed by atoms with Gasteiger partial charge in [0.2, 0.25) is 0 Å². The second kappa shape index (κ2) is 7.14. The summed E-state index contributed by atoms with van der Waals surface area (Å²) in [5.41, 5.74) is 4.21. The topological polar surface area (TPSA) is 35.6 Å². The summed E-state index contributed by atoms with van der Waals surface area (Å²) >= 11 is 6.21. The summed E-state index contributed by atoms with van der Waals surface area (Å²) in [4.78, 5) is 16.5. The maximum Gasteiger partial charge on any atom is 0.321 e. The number of nitrogens with zero attached hydrogens (tertiary/aromatic N) is 2. The average Bonchev–Trinajstić information content (AvgIpc) is 2.59. The van der Waals surface area contributed by atoms with Gasteiger partial charge in [0.05, 0.1) is 0 Å².